The maximum absolute atomic E-state index is 9.89. The molecule has 0 rings (SSSR count). The number of aliphatic hydroxyl groups excluding tert-OH is 1. The lowest BCUT2D eigenvalue weighted by molar-refractivity contribution is -0.140. The molecule has 0 aromatic rings. The Labute approximate surface area is 97.9 Å². The molecule has 0 radical (unpaired) electrons. The van der Waals surface area contributed by atoms with Gasteiger partial charge in [0.15, 0.2) is 4.33 Å². The summed E-state index contributed by atoms with van der Waals surface area (Å²) < 4.78 is 2.87. The van der Waals surface area contributed by atoms with Crippen LogP contribution in [0.1, 0.15) is 20.3 Å². The fourth-order valence-corrected chi connectivity index (χ4v) is 0.709. The molecule has 0 bridgehead atoms. The zero-order valence-electron chi connectivity index (χ0n) is 8.50. The number of carbonyl (C=O) groups is 2. The Kier molecular flexibility index (Phi) is 9.87. The Morgan fingerprint density at radius 3 is 1.93 bits per heavy atom. The van der Waals surface area contributed by atoms with E-state index in [1.807, 2.05) is 0 Å². The maximum Gasteiger partial charge on any atom is 0.306 e. The van der Waals surface area contributed by atoms with Gasteiger partial charge in [0.2, 0.25) is 0 Å². The molecule has 0 heterocycles. The number of carboxylic acids is 1. The zero-order chi connectivity index (χ0) is 12.5. The summed E-state index contributed by atoms with van der Waals surface area (Å²) in [6.45, 7) is 3.10. The number of ether oxygens (including phenoxy) is 1. The van der Waals surface area contributed by atoms with Crippen LogP contribution in [0.2, 0.25) is 0 Å². The Bertz CT molecular complexity index is 205. The molecular formula is C8H14Cl2O5. The molecule has 0 atom stereocenters. The first-order valence-corrected chi connectivity index (χ1v) is 4.84. The van der Waals surface area contributed by atoms with Crippen molar-refractivity contribution in [2.24, 2.45) is 0 Å². The molecule has 0 aliphatic heterocycles. The summed E-state index contributed by atoms with van der Waals surface area (Å²) in [6.07, 6.45) is -0.452. The van der Waals surface area contributed by atoms with Gasteiger partial charge < -0.3 is 14.9 Å². The Hall–Kier alpha value is -0.520. The van der Waals surface area contributed by atoms with Gasteiger partial charge in [0.25, 0.3) is 0 Å². The van der Waals surface area contributed by atoms with Gasteiger partial charge in [-0.1, -0.05) is 23.2 Å². The molecule has 0 unspecified atom stereocenters. The average Bonchev–Trinajstić information content (AvgIpc) is 2.02. The van der Waals surface area contributed by atoms with Crippen LogP contribution in [-0.4, -0.2) is 39.7 Å². The van der Waals surface area contributed by atoms with Gasteiger partial charge in [0.1, 0.15) is 0 Å². The van der Waals surface area contributed by atoms with Gasteiger partial charge in [-0.3, -0.25) is 9.59 Å². The van der Waals surface area contributed by atoms with E-state index in [-0.39, 0.29) is 5.97 Å². The topological polar surface area (TPSA) is 83.8 Å². The van der Waals surface area contributed by atoms with E-state index in [4.69, 9.17) is 33.4 Å². The van der Waals surface area contributed by atoms with Crippen molar-refractivity contribution in [3.05, 3.63) is 0 Å². The zero-order valence-corrected chi connectivity index (χ0v) is 10.0. The van der Waals surface area contributed by atoms with E-state index in [9.17, 15) is 9.59 Å². The van der Waals surface area contributed by atoms with Crippen LogP contribution < -0.4 is 0 Å². The van der Waals surface area contributed by atoms with E-state index in [2.05, 4.69) is 4.74 Å². The number of alkyl halides is 2. The molecule has 0 saturated carbocycles. The maximum atomic E-state index is 9.89. The number of hydrogen-bond donors (Lipinski definition) is 2. The molecule has 0 saturated heterocycles. The second-order valence-corrected chi connectivity index (χ2v) is 4.15. The largest absolute Gasteiger partial charge is 0.481 e. The number of carbonyl (C=O) groups excluding carboxylic acids is 1. The van der Waals surface area contributed by atoms with Gasteiger partial charge in [-0.2, -0.15) is 0 Å². The molecule has 90 valence electrons. The van der Waals surface area contributed by atoms with Crippen molar-refractivity contribution in [3.63, 3.8) is 0 Å². The molecule has 2 N–H and O–H groups in total. The second-order valence-electron chi connectivity index (χ2n) is 2.51. The van der Waals surface area contributed by atoms with E-state index < -0.39 is 23.3 Å². The summed E-state index contributed by atoms with van der Waals surface area (Å²) in [7, 11) is 0. The summed E-state index contributed by atoms with van der Waals surface area (Å²) in [6, 6.07) is 0. The lowest BCUT2D eigenvalue weighted by Gasteiger charge is -2.11. The lowest BCUT2D eigenvalue weighted by Crippen LogP contribution is -2.22. The first-order valence-electron chi connectivity index (χ1n) is 4.09. The van der Waals surface area contributed by atoms with Crippen LogP contribution in [0.3, 0.4) is 0 Å². The molecule has 0 aliphatic carbocycles. The molecule has 0 amide bonds. The Balaban J connectivity index is 0. The standard InChI is InChI=1S/C4H6Cl2O3.C4H8O2/c5-4(6,2-7)1-3(8)9;1-3-6-4(2)5/h7H,1-2H2,(H,8,9);3H2,1-2H3. The monoisotopic (exact) mass is 260 g/mol. The number of hydrogen-bond acceptors (Lipinski definition) is 4. The summed E-state index contributed by atoms with van der Waals surface area (Å²) >= 11 is 10.5. The van der Waals surface area contributed by atoms with Crippen LogP contribution >= 0.6 is 23.2 Å². The predicted octanol–water partition coefficient (Wildman–Crippen LogP) is 1.20. The van der Waals surface area contributed by atoms with Crippen molar-refractivity contribution >= 4 is 35.1 Å². The van der Waals surface area contributed by atoms with Gasteiger partial charge in [-0.25, -0.2) is 0 Å². The van der Waals surface area contributed by atoms with Crippen molar-refractivity contribution in [2.45, 2.75) is 24.6 Å². The summed E-state index contributed by atoms with van der Waals surface area (Å²) in [5.74, 6) is -1.34. The number of aliphatic hydroxyl groups is 1. The van der Waals surface area contributed by atoms with Crippen molar-refractivity contribution < 1.29 is 24.5 Å². The molecular weight excluding hydrogens is 247 g/mol. The Morgan fingerprint density at radius 1 is 1.40 bits per heavy atom. The van der Waals surface area contributed by atoms with Crippen LogP contribution in [0.15, 0.2) is 0 Å². The minimum Gasteiger partial charge on any atom is -0.481 e. The van der Waals surface area contributed by atoms with Crippen molar-refractivity contribution in [2.75, 3.05) is 13.2 Å². The third-order valence-electron chi connectivity index (χ3n) is 0.989. The lowest BCUT2D eigenvalue weighted by atomic mass is 10.3. The second kappa shape index (κ2) is 8.76. The fraction of sp³-hybridized carbons (Fsp3) is 0.750. The van der Waals surface area contributed by atoms with E-state index in [1.165, 1.54) is 6.92 Å². The number of halogens is 2. The number of rotatable bonds is 4. The highest BCUT2D eigenvalue weighted by molar-refractivity contribution is 6.49. The quantitative estimate of drug-likeness (QED) is 0.586. The number of aliphatic carboxylic acids is 1. The molecule has 0 aromatic carbocycles. The molecule has 0 spiro atoms. The van der Waals surface area contributed by atoms with E-state index in [1.54, 1.807) is 6.92 Å². The first kappa shape index (κ1) is 16.9. The van der Waals surface area contributed by atoms with Crippen LogP contribution in [0.4, 0.5) is 0 Å². The minimum absolute atomic E-state index is 0.211. The third-order valence-corrected chi connectivity index (χ3v) is 1.50. The van der Waals surface area contributed by atoms with Gasteiger partial charge in [-0.15, -0.1) is 0 Å². The smallest absolute Gasteiger partial charge is 0.306 e. The summed E-state index contributed by atoms with van der Waals surface area (Å²) in [4.78, 5) is 19.7. The molecule has 15 heavy (non-hydrogen) atoms. The first-order chi connectivity index (χ1) is 6.75. The SMILES string of the molecule is CCOC(C)=O.O=C(O)CC(Cl)(Cl)CO. The summed E-state index contributed by atoms with van der Waals surface area (Å²) in [5, 5.41) is 16.4. The van der Waals surface area contributed by atoms with Crippen LogP contribution in [0.5, 0.6) is 0 Å². The average molecular weight is 261 g/mol. The highest BCUT2D eigenvalue weighted by Crippen LogP contribution is 2.23. The van der Waals surface area contributed by atoms with Crippen molar-refractivity contribution in [1.82, 2.24) is 0 Å². The van der Waals surface area contributed by atoms with Gasteiger partial charge in [-0.05, 0) is 6.92 Å². The Morgan fingerprint density at radius 2 is 1.87 bits per heavy atom. The molecule has 7 heteroatoms. The van der Waals surface area contributed by atoms with Crippen molar-refractivity contribution in [3.8, 4) is 0 Å². The number of carboxylic acid groups (broad SMARTS) is 1. The number of esters is 1. The van der Waals surface area contributed by atoms with Gasteiger partial charge in [0.05, 0.1) is 19.6 Å². The van der Waals surface area contributed by atoms with Crippen LogP contribution in [-0.2, 0) is 14.3 Å². The van der Waals surface area contributed by atoms with Crippen LogP contribution in [0.25, 0.3) is 0 Å². The third kappa shape index (κ3) is 16.2. The van der Waals surface area contributed by atoms with E-state index in [0.717, 1.165) is 0 Å². The molecule has 0 aliphatic rings. The highest BCUT2D eigenvalue weighted by atomic mass is 35.5. The van der Waals surface area contributed by atoms with E-state index in [0.29, 0.717) is 6.61 Å². The summed E-state index contributed by atoms with van der Waals surface area (Å²) in [5.41, 5.74) is 0. The molecule has 0 aromatic heterocycles. The van der Waals surface area contributed by atoms with Gasteiger partial charge in [0, 0.05) is 6.92 Å². The minimum atomic E-state index is -1.54. The molecule has 5 nitrogen and oxygen atoms in total. The highest BCUT2D eigenvalue weighted by Gasteiger charge is 2.25. The normalized spacial score (nSPS) is 9.93. The predicted molar refractivity (Wildman–Crippen MR) is 56.1 cm³/mol. The molecule has 0 fully saturated rings. The fourth-order valence-electron chi connectivity index (χ4n) is 0.480. The van der Waals surface area contributed by atoms with Gasteiger partial charge >= 0.3 is 11.9 Å². The van der Waals surface area contributed by atoms with E-state index >= 15 is 0 Å². The van der Waals surface area contributed by atoms with Crippen molar-refractivity contribution in [1.29, 1.82) is 0 Å². The van der Waals surface area contributed by atoms with Crippen LogP contribution in [0, 0.1) is 0 Å².